The fourth-order valence-electron chi connectivity index (χ4n) is 3.94. The Morgan fingerprint density at radius 1 is 0.970 bits per heavy atom. The SMILES string of the molecule is COc1cccc(NC(=O)Cn2c3ccccc3n3c(=O)cc(-c4ccc(C)cc4)nc23)c1. The number of hydrogen-bond acceptors (Lipinski definition) is 4. The molecule has 0 saturated carbocycles. The van der Waals surface area contributed by atoms with Crippen molar-refractivity contribution in [2.24, 2.45) is 0 Å². The van der Waals surface area contributed by atoms with E-state index in [1.54, 1.807) is 28.2 Å². The van der Waals surface area contributed by atoms with Crippen molar-refractivity contribution in [3.8, 4) is 17.0 Å². The Morgan fingerprint density at radius 3 is 2.48 bits per heavy atom. The topological polar surface area (TPSA) is 77.6 Å². The van der Waals surface area contributed by atoms with Gasteiger partial charge in [-0.2, -0.15) is 0 Å². The highest BCUT2D eigenvalue weighted by atomic mass is 16.5. The number of aryl methyl sites for hydroxylation is 1. The maximum absolute atomic E-state index is 13.1. The van der Waals surface area contributed by atoms with Crippen LogP contribution in [0.2, 0.25) is 0 Å². The van der Waals surface area contributed by atoms with E-state index in [0.717, 1.165) is 16.6 Å². The number of para-hydroxylation sites is 2. The number of hydrogen-bond donors (Lipinski definition) is 1. The summed E-state index contributed by atoms with van der Waals surface area (Å²) in [6.45, 7) is 2.01. The van der Waals surface area contributed by atoms with Crippen molar-refractivity contribution in [2.75, 3.05) is 12.4 Å². The van der Waals surface area contributed by atoms with E-state index < -0.39 is 0 Å². The van der Waals surface area contributed by atoms with Gasteiger partial charge in [-0.3, -0.25) is 9.59 Å². The third-order valence-corrected chi connectivity index (χ3v) is 5.56. The predicted molar refractivity (Wildman–Crippen MR) is 129 cm³/mol. The maximum Gasteiger partial charge on any atom is 0.260 e. The lowest BCUT2D eigenvalue weighted by molar-refractivity contribution is -0.116. The number of benzene rings is 3. The van der Waals surface area contributed by atoms with Gasteiger partial charge in [0.1, 0.15) is 12.3 Å². The first kappa shape index (κ1) is 20.5. The number of rotatable bonds is 5. The van der Waals surface area contributed by atoms with E-state index in [1.165, 1.54) is 6.07 Å². The fourth-order valence-corrected chi connectivity index (χ4v) is 3.94. The first-order chi connectivity index (χ1) is 16.0. The zero-order valence-electron chi connectivity index (χ0n) is 18.3. The van der Waals surface area contributed by atoms with Crippen LogP contribution in [0.5, 0.6) is 5.75 Å². The summed E-state index contributed by atoms with van der Waals surface area (Å²) in [4.78, 5) is 30.9. The number of nitrogens with one attached hydrogen (secondary N) is 1. The molecule has 0 aliphatic rings. The standard InChI is InChI=1S/C26H22N4O3/c1-17-10-12-18(13-11-17)21-15-25(32)30-23-9-4-3-8-22(23)29(26(30)28-21)16-24(31)27-19-6-5-7-20(14-19)33-2/h3-15H,16H2,1-2H3,(H,27,31). The minimum Gasteiger partial charge on any atom is -0.497 e. The summed E-state index contributed by atoms with van der Waals surface area (Å²) in [6, 6.07) is 24.0. The Labute approximate surface area is 189 Å². The van der Waals surface area contributed by atoms with Crippen LogP contribution in [-0.4, -0.2) is 27.0 Å². The van der Waals surface area contributed by atoms with E-state index in [2.05, 4.69) is 5.32 Å². The van der Waals surface area contributed by atoms with Crippen LogP contribution in [-0.2, 0) is 11.3 Å². The number of carbonyl (C=O) groups excluding carboxylic acids is 1. The van der Waals surface area contributed by atoms with Crippen LogP contribution in [0.15, 0.2) is 83.7 Å². The molecule has 33 heavy (non-hydrogen) atoms. The van der Waals surface area contributed by atoms with Gasteiger partial charge in [0.2, 0.25) is 11.7 Å². The molecule has 1 amide bonds. The number of imidazole rings is 1. The maximum atomic E-state index is 13.1. The summed E-state index contributed by atoms with van der Waals surface area (Å²) in [6.07, 6.45) is 0. The number of anilines is 1. The van der Waals surface area contributed by atoms with Crippen molar-refractivity contribution in [2.45, 2.75) is 13.5 Å². The number of aromatic nitrogens is 3. The van der Waals surface area contributed by atoms with Crippen LogP contribution in [0.3, 0.4) is 0 Å². The minimum absolute atomic E-state index is 0.00197. The molecule has 7 heteroatoms. The molecule has 164 valence electrons. The highest BCUT2D eigenvalue weighted by Crippen LogP contribution is 2.23. The second-order valence-corrected chi connectivity index (χ2v) is 7.84. The zero-order chi connectivity index (χ0) is 22.9. The van der Waals surface area contributed by atoms with Crippen LogP contribution < -0.4 is 15.6 Å². The smallest absolute Gasteiger partial charge is 0.260 e. The summed E-state index contributed by atoms with van der Waals surface area (Å²) in [7, 11) is 1.58. The number of ether oxygens (including phenoxy) is 1. The Morgan fingerprint density at radius 2 is 1.73 bits per heavy atom. The van der Waals surface area contributed by atoms with E-state index >= 15 is 0 Å². The Bertz CT molecular complexity index is 1550. The van der Waals surface area contributed by atoms with Gasteiger partial charge in [0.05, 0.1) is 23.8 Å². The lowest BCUT2D eigenvalue weighted by atomic mass is 10.1. The molecule has 0 unspecified atom stereocenters. The summed E-state index contributed by atoms with van der Waals surface area (Å²) in [5.41, 5.74) is 4.43. The second-order valence-electron chi connectivity index (χ2n) is 7.84. The molecule has 2 aromatic heterocycles. The third-order valence-electron chi connectivity index (χ3n) is 5.56. The second kappa shape index (κ2) is 8.27. The van der Waals surface area contributed by atoms with Crippen molar-refractivity contribution in [3.63, 3.8) is 0 Å². The van der Waals surface area contributed by atoms with Crippen molar-refractivity contribution in [3.05, 3.63) is 94.8 Å². The number of amides is 1. The Balaban J connectivity index is 1.61. The van der Waals surface area contributed by atoms with Gasteiger partial charge in [-0.05, 0) is 31.2 Å². The molecule has 0 spiro atoms. The van der Waals surface area contributed by atoms with Crippen LogP contribution in [0.4, 0.5) is 5.69 Å². The number of fused-ring (bicyclic) bond motifs is 3. The summed E-state index contributed by atoms with van der Waals surface area (Å²) >= 11 is 0. The summed E-state index contributed by atoms with van der Waals surface area (Å²) < 4.78 is 8.54. The molecule has 0 atom stereocenters. The molecule has 1 N–H and O–H groups in total. The summed E-state index contributed by atoms with van der Waals surface area (Å²) in [5.74, 6) is 0.835. The average Bonchev–Trinajstić information content (AvgIpc) is 3.13. The van der Waals surface area contributed by atoms with Gasteiger partial charge in [-0.15, -0.1) is 0 Å². The fraction of sp³-hybridized carbons (Fsp3) is 0.115. The number of carbonyl (C=O) groups is 1. The molecule has 2 heterocycles. The quantitative estimate of drug-likeness (QED) is 0.445. The van der Waals surface area contributed by atoms with Gasteiger partial charge in [0, 0.05) is 23.4 Å². The average molecular weight is 438 g/mol. The lowest BCUT2D eigenvalue weighted by Crippen LogP contribution is -2.20. The first-order valence-electron chi connectivity index (χ1n) is 10.6. The zero-order valence-corrected chi connectivity index (χ0v) is 18.3. The molecule has 0 aliphatic heterocycles. The molecule has 0 fully saturated rings. The Hall–Kier alpha value is -4.39. The molecule has 5 aromatic rings. The van der Waals surface area contributed by atoms with E-state index in [1.807, 2.05) is 67.6 Å². The number of nitrogens with zero attached hydrogens (tertiary/aromatic N) is 3. The molecule has 7 nitrogen and oxygen atoms in total. The number of methoxy groups -OCH3 is 1. The first-order valence-corrected chi connectivity index (χ1v) is 10.6. The minimum atomic E-state index is -0.235. The summed E-state index contributed by atoms with van der Waals surface area (Å²) in [5, 5.41) is 2.90. The van der Waals surface area contributed by atoms with E-state index in [0.29, 0.717) is 28.4 Å². The molecule has 5 rings (SSSR count). The molecule has 0 aliphatic carbocycles. The highest BCUT2D eigenvalue weighted by molar-refractivity contribution is 5.93. The lowest BCUT2D eigenvalue weighted by Gasteiger charge is -2.09. The van der Waals surface area contributed by atoms with Gasteiger partial charge in [0.15, 0.2) is 0 Å². The van der Waals surface area contributed by atoms with Gasteiger partial charge in [-0.25, -0.2) is 9.38 Å². The predicted octanol–water partition coefficient (Wildman–Crippen LogP) is 4.27. The normalized spacial score (nSPS) is 11.1. The van der Waals surface area contributed by atoms with Gasteiger partial charge in [-0.1, -0.05) is 48.0 Å². The van der Waals surface area contributed by atoms with Crippen molar-refractivity contribution in [1.82, 2.24) is 14.0 Å². The molecule has 0 bridgehead atoms. The van der Waals surface area contributed by atoms with Gasteiger partial charge >= 0.3 is 0 Å². The van der Waals surface area contributed by atoms with E-state index in [9.17, 15) is 9.59 Å². The molecular formula is C26H22N4O3. The van der Waals surface area contributed by atoms with Crippen LogP contribution >= 0.6 is 0 Å². The third kappa shape index (κ3) is 3.85. The van der Waals surface area contributed by atoms with Crippen LogP contribution in [0.25, 0.3) is 28.1 Å². The largest absolute Gasteiger partial charge is 0.497 e. The monoisotopic (exact) mass is 438 g/mol. The van der Waals surface area contributed by atoms with Crippen molar-refractivity contribution in [1.29, 1.82) is 0 Å². The molecular weight excluding hydrogens is 416 g/mol. The highest BCUT2D eigenvalue weighted by Gasteiger charge is 2.17. The molecule has 0 saturated heterocycles. The molecule has 3 aromatic carbocycles. The molecule has 0 radical (unpaired) electrons. The van der Waals surface area contributed by atoms with Crippen LogP contribution in [0.1, 0.15) is 5.56 Å². The van der Waals surface area contributed by atoms with E-state index in [4.69, 9.17) is 9.72 Å². The van der Waals surface area contributed by atoms with Crippen LogP contribution in [0, 0.1) is 6.92 Å². The van der Waals surface area contributed by atoms with Crippen molar-refractivity contribution < 1.29 is 9.53 Å². The van der Waals surface area contributed by atoms with Gasteiger partial charge in [0.25, 0.3) is 5.56 Å². The van der Waals surface area contributed by atoms with Crippen molar-refractivity contribution >= 4 is 28.4 Å². The Kier molecular flexibility index (Phi) is 5.14. The van der Waals surface area contributed by atoms with E-state index in [-0.39, 0.29) is 18.0 Å². The van der Waals surface area contributed by atoms with Gasteiger partial charge < -0.3 is 14.6 Å².